The van der Waals surface area contributed by atoms with Crippen molar-refractivity contribution in [1.29, 1.82) is 0 Å². The molecule has 6 heteroatoms. The van der Waals surface area contributed by atoms with Gasteiger partial charge in [-0.2, -0.15) is 5.10 Å². The zero-order valence-corrected chi connectivity index (χ0v) is 15.0. The summed E-state index contributed by atoms with van der Waals surface area (Å²) in [6.07, 6.45) is 4.60. The minimum Gasteiger partial charge on any atom is -0.325 e. The molecule has 0 spiro atoms. The number of hydrazone groups is 1. The summed E-state index contributed by atoms with van der Waals surface area (Å²) in [5.41, 5.74) is 6.53. The molecule has 0 saturated carbocycles. The molecule has 1 heterocycles. The number of hydrogen-bond acceptors (Lipinski definition) is 4. The topological polar surface area (TPSA) is 70.6 Å². The number of benzene rings is 1. The van der Waals surface area contributed by atoms with Gasteiger partial charge in [-0.05, 0) is 61.2 Å². The fourth-order valence-electron chi connectivity index (χ4n) is 2.97. The molecule has 0 atom stereocenters. The molecule has 1 aromatic heterocycles. The molecule has 2 N–H and O–H groups in total. The van der Waals surface area contributed by atoms with Crippen molar-refractivity contribution in [3.05, 3.63) is 51.7 Å². The van der Waals surface area contributed by atoms with Gasteiger partial charge in [-0.25, -0.2) is 5.43 Å². The number of aryl methyl sites for hydroxylation is 1. The number of anilines is 1. The molecule has 130 valence electrons. The van der Waals surface area contributed by atoms with E-state index in [0.29, 0.717) is 10.6 Å². The standard InChI is InChI=1S/C19H21N3O2S/c1-13(21-22-19(24)17-10-5-11-25-17)12-18(23)20-16-9-4-7-14-6-2-3-8-15(14)16/h4-5,7,9-11H,2-3,6,8,12H2,1H3,(H,20,23)(H,22,24)/b21-13-. The molecular formula is C19H21N3O2S. The van der Waals surface area contributed by atoms with Gasteiger partial charge in [0.05, 0.1) is 11.3 Å². The van der Waals surface area contributed by atoms with E-state index in [0.717, 1.165) is 24.9 Å². The number of rotatable bonds is 5. The molecule has 0 bridgehead atoms. The van der Waals surface area contributed by atoms with Gasteiger partial charge in [0.1, 0.15) is 0 Å². The molecule has 0 aliphatic heterocycles. The first-order chi connectivity index (χ1) is 12.1. The maximum absolute atomic E-state index is 12.3. The van der Waals surface area contributed by atoms with Gasteiger partial charge in [-0.3, -0.25) is 9.59 Å². The zero-order valence-electron chi connectivity index (χ0n) is 14.2. The lowest BCUT2D eigenvalue weighted by atomic mass is 9.90. The number of fused-ring (bicyclic) bond motifs is 1. The summed E-state index contributed by atoms with van der Waals surface area (Å²) in [4.78, 5) is 24.7. The van der Waals surface area contributed by atoms with Crippen LogP contribution in [0.15, 0.2) is 40.8 Å². The molecule has 0 unspecified atom stereocenters. The molecule has 5 nitrogen and oxygen atoms in total. The summed E-state index contributed by atoms with van der Waals surface area (Å²) in [5.74, 6) is -0.377. The Morgan fingerprint density at radius 1 is 1.16 bits per heavy atom. The van der Waals surface area contributed by atoms with Crippen molar-refractivity contribution in [2.24, 2.45) is 5.10 Å². The van der Waals surface area contributed by atoms with E-state index in [2.05, 4.69) is 21.9 Å². The summed E-state index contributed by atoms with van der Waals surface area (Å²) in [6, 6.07) is 9.62. The molecule has 2 aromatic rings. The van der Waals surface area contributed by atoms with Crippen molar-refractivity contribution in [1.82, 2.24) is 5.43 Å². The van der Waals surface area contributed by atoms with Crippen molar-refractivity contribution in [2.75, 3.05) is 5.32 Å². The quantitative estimate of drug-likeness (QED) is 0.633. The summed E-state index contributed by atoms with van der Waals surface area (Å²) < 4.78 is 0. The van der Waals surface area contributed by atoms with Gasteiger partial charge in [0.25, 0.3) is 5.91 Å². The largest absolute Gasteiger partial charge is 0.325 e. The van der Waals surface area contributed by atoms with E-state index >= 15 is 0 Å². The van der Waals surface area contributed by atoms with E-state index in [1.54, 1.807) is 13.0 Å². The molecule has 0 saturated heterocycles. The molecule has 1 aromatic carbocycles. The predicted molar refractivity (Wildman–Crippen MR) is 101 cm³/mol. The van der Waals surface area contributed by atoms with Crippen molar-refractivity contribution in [3.63, 3.8) is 0 Å². The lowest BCUT2D eigenvalue weighted by Crippen LogP contribution is -2.21. The number of carbonyl (C=O) groups is 2. The summed E-state index contributed by atoms with van der Waals surface area (Å²) in [7, 11) is 0. The zero-order chi connectivity index (χ0) is 17.6. The highest BCUT2D eigenvalue weighted by Crippen LogP contribution is 2.27. The third-order valence-electron chi connectivity index (χ3n) is 4.18. The Balaban J connectivity index is 1.57. The van der Waals surface area contributed by atoms with Gasteiger partial charge < -0.3 is 5.32 Å². The Morgan fingerprint density at radius 2 is 2.00 bits per heavy atom. The minimum atomic E-state index is -0.258. The fourth-order valence-corrected chi connectivity index (χ4v) is 3.59. The number of nitrogens with one attached hydrogen (secondary N) is 2. The van der Waals surface area contributed by atoms with Crippen molar-refractivity contribution in [3.8, 4) is 0 Å². The molecule has 0 radical (unpaired) electrons. The third kappa shape index (κ3) is 4.54. The molecule has 1 aliphatic carbocycles. The summed E-state index contributed by atoms with van der Waals surface area (Å²) in [5, 5.41) is 8.83. The van der Waals surface area contributed by atoms with Gasteiger partial charge in [0, 0.05) is 11.4 Å². The molecule has 3 rings (SSSR count). The van der Waals surface area contributed by atoms with Crippen molar-refractivity contribution >= 4 is 34.6 Å². The Bertz CT molecular complexity index is 797. The highest BCUT2D eigenvalue weighted by Gasteiger charge is 2.15. The minimum absolute atomic E-state index is 0.120. The third-order valence-corrected chi connectivity index (χ3v) is 5.05. The van der Waals surface area contributed by atoms with Crippen molar-refractivity contribution < 1.29 is 9.59 Å². The molecule has 2 amide bonds. The summed E-state index contributed by atoms with van der Waals surface area (Å²) >= 11 is 1.35. The van der Waals surface area contributed by atoms with Crippen LogP contribution in [0, 0.1) is 0 Å². The van der Waals surface area contributed by atoms with Crippen LogP contribution in [0.5, 0.6) is 0 Å². The highest BCUT2D eigenvalue weighted by molar-refractivity contribution is 7.12. The highest BCUT2D eigenvalue weighted by atomic mass is 32.1. The van der Waals surface area contributed by atoms with Gasteiger partial charge in [-0.1, -0.05) is 18.2 Å². The molecule has 1 aliphatic rings. The van der Waals surface area contributed by atoms with E-state index in [9.17, 15) is 9.59 Å². The summed E-state index contributed by atoms with van der Waals surface area (Å²) in [6.45, 7) is 1.73. The smallest absolute Gasteiger partial charge is 0.281 e. The van der Waals surface area contributed by atoms with E-state index in [-0.39, 0.29) is 18.2 Å². The number of hydrogen-bond donors (Lipinski definition) is 2. The first-order valence-corrected chi connectivity index (χ1v) is 9.29. The Labute approximate surface area is 151 Å². The Morgan fingerprint density at radius 3 is 2.80 bits per heavy atom. The maximum atomic E-state index is 12.3. The first kappa shape index (κ1) is 17.4. The lowest BCUT2D eigenvalue weighted by Gasteiger charge is -2.19. The van der Waals surface area contributed by atoms with Gasteiger partial charge >= 0.3 is 0 Å². The van der Waals surface area contributed by atoms with Crippen LogP contribution in [-0.4, -0.2) is 17.5 Å². The van der Waals surface area contributed by atoms with Crippen molar-refractivity contribution in [2.45, 2.75) is 39.0 Å². The van der Waals surface area contributed by atoms with Crippen LogP contribution in [-0.2, 0) is 17.6 Å². The number of thiophene rings is 1. The average Bonchev–Trinajstić information content (AvgIpc) is 3.15. The Hall–Kier alpha value is -2.47. The lowest BCUT2D eigenvalue weighted by molar-refractivity contribution is -0.115. The average molecular weight is 355 g/mol. The van der Waals surface area contributed by atoms with Crippen LogP contribution in [0.3, 0.4) is 0 Å². The van der Waals surface area contributed by atoms with Gasteiger partial charge in [-0.15, -0.1) is 11.3 Å². The van der Waals surface area contributed by atoms with Crippen LogP contribution in [0.4, 0.5) is 5.69 Å². The van der Waals surface area contributed by atoms with Gasteiger partial charge in [0.2, 0.25) is 5.91 Å². The Kier molecular flexibility index (Phi) is 5.60. The number of amides is 2. The second-order valence-electron chi connectivity index (χ2n) is 6.14. The van der Waals surface area contributed by atoms with Crippen LogP contribution < -0.4 is 10.7 Å². The molecule has 25 heavy (non-hydrogen) atoms. The van der Waals surface area contributed by atoms with Crippen LogP contribution in [0.2, 0.25) is 0 Å². The second-order valence-corrected chi connectivity index (χ2v) is 7.09. The first-order valence-electron chi connectivity index (χ1n) is 8.41. The number of carbonyl (C=O) groups excluding carboxylic acids is 2. The monoisotopic (exact) mass is 355 g/mol. The van der Waals surface area contributed by atoms with E-state index in [4.69, 9.17) is 0 Å². The van der Waals surface area contributed by atoms with E-state index in [1.807, 2.05) is 23.6 Å². The number of nitrogens with zero attached hydrogens (tertiary/aromatic N) is 1. The normalized spacial score (nSPS) is 13.9. The van der Waals surface area contributed by atoms with Crippen LogP contribution in [0.25, 0.3) is 0 Å². The van der Waals surface area contributed by atoms with Gasteiger partial charge in [0.15, 0.2) is 0 Å². The fraction of sp³-hybridized carbons (Fsp3) is 0.316. The van der Waals surface area contributed by atoms with Crippen LogP contribution in [0.1, 0.15) is 47.0 Å². The second kappa shape index (κ2) is 8.07. The predicted octanol–water partition coefficient (Wildman–Crippen LogP) is 3.76. The van der Waals surface area contributed by atoms with E-state index in [1.165, 1.54) is 28.9 Å². The molecular weight excluding hydrogens is 334 g/mol. The molecule has 0 fully saturated rings. The van der Waals surface area contributed by atoms with Crippen LogP contribution >= 0.6 is 11.3 Å². The van der Waals surface area contributed by atoms with E-state index < -0.39 is 0 Å². The maximum Gasteiger partial charge on any atom is 0.281 e. The SMILES string of the molecule is C/C(CC(=O)Nc1cccc2c1CCCC2)=N/NC(=O)c1cccs1.